The van der Waals surface area contributed by atoms with Crippen molar-refractivity contribution in [1.29, 1.82) is 0 Å². The van der Waals surface area contributed by atoms with Gasteiger partial charge in [-0.15, -0.1) is 11.7 Å². The highest BCUT2D eigenvalue weighted by Crippen LogP contribution is 2.30. The van der Waals surface area contributed by atoms with Gasteiger partial charge in [-0.1, -0.05) is 71.7 Å². The molecule has 1 aromatic carbocycles. The Balaban J connectivity index is 1.64. The molecule has 0 bridgehead atoms. The SMILES string of the molecule is C=CCN1C(=O)/C(=C\C=C\c2cn(Cc3ccccc3)nn2)SC1=S. The summed E-state index contributed by atoms with van der Waals surface area (Å²) in [5.74, 6) is -0.0905. The van der Waals surface area contributed by atoms with Crippen LogP contribution in [0.2, 0.25) is 0 Å². The molecule has 2 heterocycles. The van der Waals surface area contributed by atoms with E-state index in [1.807, 2.05) is 42.6 Å². The first-order valence-corrected chi connectivity index (χ1v) is 8.87. The predicted octanol–water partition coefficient (Wildman–Crippen LogP) is 3.27. The topological polar surface area (TPSA) is 51.0 Å². The molecular formula is C18H16N4OS2. The fourth-order valence-electron chi connectivity index (χ4n) is 2.27. The van der Waals surface area contributed by atoms with Gasteiger partial charge in [0.2, 0.25) is 0 Å². The van der Waals surface area contributed by atoms with Gasteiger partial charge in [0, 0.05) is 6.54 Å². The summed E-state index contributed by atoms with van der Waals surface area (Å²) >= 11 is 6.49. The molecule has 25 heavy (non-hydrogen) atoms. The summed E-state index contributed by atoms with van der Waals surface area (Å²) in [7, 11) is 0. The van der Waals surface area contributed by atoms with Crippen LogP contribution < -0.4 is 0 Å². The second-order valence-electron chi connectivity index (χ2n) is 5.29. The Morgan fingerprint density at radius 1 is 1.28 bits per heavy atom. The Labute approximate surface area is 155 Å². The van der Waals surface area contributed by atoms with E-state index in [1.165, 1.54) is 16.7 Å². The Morgan fingerprint density at radius 2 is 2.08 bits per heavy atom. The molecule has 5 nitrogen and oxygen atoms in total. The standard InChI is InChI=1S/C18H16N4OS2/c1-2-11-22-17(23)16(25-18(22)24)10-6-9-15-13-21(20-19-15)12-14-7-4-3-5-8-14/h2-10,13H,1,11-12H2/b9-6+,16-10+. The maximum atomic E-state index is 12.2. The molecule has 1 aliphatic heterocycles. The number of thioether (sulfide) groups is 1. The molecular weight excluding hydrogens is 352 g/mol. The first-order chi connectivity index (χ1) is 12.2. The van der Waals surface area contributed by atoms with Crippen molar-refractivity contribution in [3.63, 3.8) is 0 Å². The van der Waals surface area contributed by atoms with Crippen molar-refractivity contribution in [1.82, 2.24) is 19.9 Å². The lowest BCUT2D eigenvalue weighted by molar-refractivity contribution is -0.121. The smallest absolute Gasteiger partial charge is 0.266 e. The number of hydrogen-bond acceptors (Lipinski definition) is 5. The van der Waals surface area contributed by atoms with Crippen LogP contribution in [0.4, 0.5) is 0 Å². The zero-order valence-electron chi connectivity index (χ0n) is 13.4. The van der Waals surface area contributed by atoms with Crippen molar-refractivity contribution in [3.8, 4) is 0 Å². The zero-order valence-corrected chi connectivity index (χ0v) is 15.0. The number of nitrogens with zero attached hydrogens (tertiary/aromatic N) is 4. The third kappa shape index (κ3) is 4.32. The van der Waals surface area contributed by atoms with Crippen LogP contribution in [0.1, 0.15) is 11.3 Å². The van der Waals surface area contributed by atoms with E-state index in [4.69, 9.17) is 12.2 Å². The number of carbonyl (C=O) groups excluding carboxylic acids is 1. The monoisotopic (exact) mass is 368 g/mol. The number of rotatable bonds is 6. The fourth-order valence-corrected chi connectivity index (χ4v) is 3.50. The number of allylic oxidation sites excluding steroid dienone is 2. The molecule has 0 spiro atoms. The zero-order chi connectivity index (χ0) is 17.6. The largest absolute Gasteiger partial charge is 0.289 e. The van der Waals surface area contributed by atoms with Gasteiger partial charge >= 0.3 is 0 Å². The first-order valence-electron chi connectivity index (χ1n) is 7.64. The molecule has 7 heteroatoms. The molecule has 0 radical (unpaired) electrons. The summed E-state index contributed by atoms with van der Waals surface area (Å²) in [4.78, 5) is 14.3. The normalized spacial score (nSPS) is 16.3. The lowest BCUT2D eigenvalue weighted by Gasteiger charge is -2.10. The highest BCUT2D eigenvalue weighted by molar-refractivity contribution is 8.26. The van der Waals surface area contributed by atoms with Crippen LogP contribution >= 0.6 is 24.0 Å². The number of carbonyl (C=O) groups is 1. The summed E-state index contributed by atoms with van der Waals surface area (Å²) in [6.07, 6.45) is 8.87. The fraction of sp³-hybridized carbons (Fsp3) is 0.111. The van der Waals surface area contributed by atoms with Gasteiger partial charge in [0.05, 0.1) is 17.6 Å². The number of aromatic nitrogens is 3. The second-order valence-corrected chi connectivity index (χ2v) is 6.96. The van der Waals surface area contributed by atoms with Crippen LogP contribution in [0.25, 0.3) is 6.08 Å². The minimum atomic E-state index is -0.0905. The Morgan fingerprint density at radius 3 is 2.84 bits per heavy atom. The third-order valence-corrected chi connectivity index (χ3v) is 4.84. The minimum absolute atomic E-state index is 0.0905. The summed E-state index contributed by atoms with van der Waals surface area (Å²) in [6.45, 7) is 4.74. The molecule has 2 aromatic rings. The molecule has 126 valence electrons. The van der Waals surface area contributed by atoms with Gasteiger partial charge in [0.25, 0.3) is 5.91 Å². The maximum Gasteiger partial charge on any atom is 0.266 e. The van der Waals surface area contributed by atoms with Crippen LogP contribution in [-0.4, -0.2) is 36.7 Å². The van der Waals surface area contributed by atoms with Gasteiger partial charge in [-0.05, 0) is 17.7 Å². The Kier molecular flexibility index (Phi) is 5.57. The molecule has 0 N–H and O–H groups in total. The number of amides is 1. The van der Waals surface area contributed by atoms with Crippen molar-refractivity contribution >= 4 is 40.3 Å². The highest BCUT2D eigenvalue weighted by atomic mass is 32.2. The third-order valence-electron chi connectivity index (χ3n) is 3.44. The van der Waals surface area contributed by atoms with E-state index >= 15 is 0 Å². The van der Waals surface area contributed by atoms with E-state index in [1.54, 1.807) is 22.9 Å². The lowest BCUT2D eigenvalue weighted by atomic mass is 10.2. The summed E-state index contributed by atoms with van der Waals surface area (Å²) in [6, 6.07) is 10.1. The van der Waals surface area contributed by atoms with E-state index < -0.39 is 0 Å². The van der Waals surface area contributed by atoms with Gasteiger partial charge < -0.3 is 0 Å². The van der Waals surface area contributed by atoms with Gasteiger partial charge in [-0.3, -0.25) is 9.69 Å². The van der Waals surface area contributed by atoms with Crippen molar-refractivity contribution in [3.05, 3.63) is 77.5 Å². The van der Waals surface area contributed by atoms with Gasteiger partial charge in [-0.25, -0.2) is 4.68 Å². The van der Waals surface area contributed by atoms with E-state index in [2.05, 4.69) is 16.9 Å². The van der Waals surface area contributed by atoms with Crippen LogP contribution in [0.15, 0.2) is 66.2 Å². The van der Waals surface area contributed by atoms with Gasteiger partial charge in [-0.2, -0.15) is 0 Å². The lowest BCUT2D eigenvalue weighted by Crippen LogP contribution is -2.27. The quantitative estimate of drug-likeness (QED) is 0.445. The molecule has 0 unspecified atom stereocenters. The van der Waals surface area contributed by atoms with Crippen LogP contribution in [0.3, 0.4) is 0 Å². The van der Waals surface area contributed by atoms with E-state index in [9.17, 15) is 4.79 Å². The van der Waals surface area contributed by atoms with Crippen molar-refractivity contribution < 1.29 is 4.79 Å². The van der Waals surface area contributed by atoms with E-state index in [-0.39, 0.29) is 5.91 Å². The molecule has 1 aliphatic rings. The average Bonchev–Trinajstić information content (AvgIpc) is 3.16. The second kappa shape index (κ2) is 8.04. The van der Waals surface area contributed by atoms with Crippen molar-refractivity contribution in [2.45, 2.75) is 6.54 Å². The Hall–Kier alpha value is -2.51. The minimum Gasteiger partial charge on any atom is -0.289 e. The molecule has 1 saturated heterocycles. The predicted molar refractivity (Wildman–Crippen MR) is 105 cm³/mol. The molecule has 1 amide bonds. The Bertz CT molecular complexity index is 855. The van der Waals surface area contributed by atoms with Crippen molar-refractivity contribution in [2.75, 3.05) is 6.54 Å². The van der Waals surface area contributed by atoms with Gasteiger partial charge in [0.15, 0.2) is 0 Å². The van der Waals surface area contributed by atoms with Crippen LogP contribution in [0, 0.1) is 0 Å². The van der Waals surface area contributed by atoms with Crippen LogP contribution in [-0.2, 0) is 11.3 Å². The molecule has 1 fully saturated rings. The molecule has 0 aliphatic carbocycles. The summed E-state index contributed by atoms with van der Waals surface area (Å²) in [5, 5.41) is 8.22. The maximum absolute atomic E-state index is 12.2. The summed E-state index contributed by atoms with van der Waals surface area (Å²) < 4.78 is 2.33. The average molecular weight is 368 g/mol. The number of thiocarbonyl (C=S) groups is 1. The van der Waals surface area contributed by atoms with E-state index in [0.717, 1.165) is 11.3 Å². The summed E-state index contributed by atoms with van der Waals surface area (Å²) in [5.41, 5.74) is 1.89. The van der Waals surface area contributed by atoms with Crippen molar-refractivity contribution in [2.24, 2.45) is 0 Å². The first kappa shape index (κ1) is 17.3. The van der Waals surface area contributed by atoms with E-state index in [0.29, 0.717) is 22.3 Å². The molecule has 0 saturated carbocycles. The highest BCUT2D eigenvalue weighted by Gasteiger charge is 2.30. The van der Waals surface area contributed by atoms with Gasteiger partial charge in [0.1, 0.15) is 10.0 Å². The number of benzene rings is 1. The number of hydrogen-bond donors (Lipinski definition) is 0. The molecule has 0 atom stereocenters. The molecule has 1 aromatic heterocycles. The molecule has 3 rings (SSSR count). The van der Waals surface area contributed by atoms with Crippen LogP contribution in [0.5, 0.6) is 0 Å².